The molecule has 0 heterocycles. The summed E-state index contributed by atoms with van der Waals surface area (Å²) in [7, 11) is -0.864. The van der Waals surface area contributed by atoms with Crippen LogP contribution in [0.1, 0.15) is 20.7 Å². The molecule has 0 aliphatic heterocycles. The lowest BCUT2D eigenvalue weighted by Gasteiger charge is -2.11. The molecule has 11 heteroatoms. The largest absolute Gasteiger partial charge is 0.452 e. The summed E-state index contributed by atoms with van der Waals surface area (Å²) in [5.74, 6) is -2.27. The highest BCUT2D eigenvalue weighted by Gasteiger charge is 2.33. The highest BCUT2D eigenvalue weighted by molar-refractivity contribution is 7.97. The van der Waals surface area contributed by atoms with Gasteiger partial charge in [-0.3, -0.25) is 0 Å². The van der Waals surface area contributed by atoms with Crippen LogP contribution in [0.2, 0.25) is 0 Å². The lowest BCUT2D eigenvalue weighted by molar-refractivity contribution is -0.161. The third-order valence-corrected chi connectivity index (χ3v) is 6.56. The van der Waals surface area contributed by atoms with E-state index < -0.39 is 48.4 Å². The van der Waals surface area contributed by atoms with E-state index in [-0.39, 0.29) is 11.1 Å². The van der Waals surface area contributed by atoms with Gasteiger partial charge in [-0.2, -0.15) is 26.3 Å². The summed E-state index contributed by atoms with van der Waals surface area (Å²) in [4.78, 5) is 26.1. The molecule has 0 fully saturated rings. The Labute approximate surface area is 198 Å². The number of hydrogen-bond donors (Lipinski definition) is 0. The van der Waals surface area contributed by atoms with E-state index in [1.165, 1.54) is 42.5 Å². The zero-order valence-corrected chi connectivity index (χ0v) is 18.5. The van der Waals surface area contributed by atoms with Crippen molar-refractivity contribution in [3.05, 3.63) is 90.0 Å². The number of esters is 2. The molecular formula is C24H17F6O4S+. The second kappa shape index (κ2) is 10.9. The average molecular weight is 515 g/mol. The molecule has 0 saturated carbocycles. The Morgan fingerprint density at radius 2 is 1.09 bits per heavy atom. The topological polar surface area (TPSA) is 52.6 Å². The van der Waals surface area contributed by atoms with Gasteiger partial charge >= 0.3 is 24.3 Å². The van der Waals surface area contributed by atoms with Crippen LogP contribution in [-0.4, -0.2) is 37.5 Å². The maximum absolute atomic E-state index is 12.4. The molecular weight excluding hydrogens is 498 g/mol. The second-order valence-electron chi connectivity index (χ2n) is 7.05. The number of hydrogen-bond acceptors (Lipinski definition) is 4. The van der Waals surface area contributed by atoms with Crippen LogP contribution in [0.5, 0.6) is 0 Å². The SMILES string of the molecule is O=C(OCC(F)(F)F)c1ccc([S+](c2ccccc2)c2cccc(C(=O)OCC(F)(F)F)c2)cc1. The van der Waals surface area contributed by atoms with E-state index >= 15 is 0 Å². The molecule has 0 N–H and O–H groups in total. The highest BCUT2D eigenvalue weighted by Crippen LogP contribution is 2.32. The lowest BCUT2D eigenvalue weighted by atomic mass is 10.2. The van der Waals surface area contributed by atoms with E-state index in [4.69, 9.17) is 0 Å². The van der Waals surface area contributed by atoms with E-state index in [2.05, 4.69) is 9.47 Å². The smallest absolute Gasteiger partial charge is 0.422 e. The first-order valence-electron chi connectivity index (χ1n) is 9.90. The molecule has 3 aromatic rings. The van der Waals surface area contributed by atoms with E-state index in [0.717, 1.165) is 4.90 Å². The highest BCUT2D eigenvalue weighted by atomic mass is 32.2. The molecule has 0 aromatic heterocycles. The van der Waals surface area contributed by atoms with Crippen LogP contribution >= 0.6 is 0 Å². The normalized spacial score (nSPS) is 12.6. The van der Waals surface area contributed by atoms with E-state index in [9.17, 15) is 35.9 Å². The molecule has 0 aliphatic carbocycles. The Bertz CT molecular complexity index is 1160. The quantitative estimate of drug-likeness (QED) is 0.213. The molecule has 0 amide bonds. The zero-order chi connectivity index (χ0) is 25.6. The van der Waals surface area contributed by atoms with Gasteiger partial charge in [0, 0.05) is 6.07 Å². The summed E-state index contributed by atoms with van der Waals surface area (Å²) < 4.78 is 82.8. The molecule has 0 radical (unpaired) electrons. The molecule has 0 aliphatic rings. The molecule has 35 heavy (non-hydrogen) atoms. The number of benzene rings is 3. The van der Waals surface area contributed by atoms with Crippen molar-refractivity contribution in [2.45, 2.75) is 27.0 Å². The van der Waals surface area contributed by atoms with Crippen molar-refractivity contribution >= 4 is 22.8 Å². The van der Waals surface area contributed by atoms with Gasteiger partial charge in [0.1, 0.15) is 0 Å². The first-order valence-corrected chi connectivity index (χ1v) is 11.1. The maximum Gasteiger partial charge on any atom is 0.422 e. The van der Waals surface area contributed by atoms with Crippen molar-refractivity contribution < 1.29 is 45.4 Å². The summed E-state index contributed by atoms with van der Waals surface area (Å²) in [6, 6.07) is 20.6. The number of carbonyl (C=O) groups excluding carboxylic acids is 2. The van der Waals surface area contributed by atoms with Crippen molar-refractivity contribution in [1.29, 1.82) is 0 Å². The zero-order valence-electron chi connectivity index (χ0n) is 17.7. The number of ether oxygens (including phenoxy) is 2. The van der Waals surface area contributed by atoms with Gasteiger partial charge in [-0.1, -0.05) is 24.3 Å². The van der Waals surface area contributed by atoms with Crippen molar-refractivity contribution in [3.63, 3.8) is 0 Å². The van der Waals surface area contributed by atoms with Gasteiger partial charge in [0.25, 0.3) is 0 Å². The van der Waals surface area contributed by atoms with Gasteiger partial charge < -0.3 is 9.47 Å². The fourth-order valence-electron chi connectivity index (χ4n) is 2.90. The lowest BCUT2D eigenvalue weighted by Crippen LogP contribution is -2.20. The van der Waals surface area contributed by atoms with E-state index in [1.54, 1.807) is 24.3 Å². The predicted octanol–water partition coefficient (Wildman–Crippen LogP) is 6.22. The molecule has 0 bridgehead atoms. The molecule has 3 rings (SSSR count). The molecule has 0 spiro atoms. The Balaban J connectivity index is 1.90. The minimum atomic E-state index is -4.66. The van der Waals surface area contributed by atoms with Crippen LogP contribution < -0.4 is 0 Å². The van der Waals surface area contributed by atoms with Gasteiger partial charge in [-0.05, 0) is 48.5 Å². The molecule has 1 unspecified atom stereocenters. The molecule has 3 aromatic carbocycles. The van der Waals surface area contributed by atoms with Gasteiger partial charge in [-0.25, -0.2) is 9.59 Å². The van der Waals surface area contributed by atoms with Crippen LogP contribution in [0.25, 0.3) is 0 Å². The van der Waals surface area contributed by atoms with Crippen LogP contribution in [0.3, 0.4) is 0 Å². The Hall–Kier alpha value is -3.47. The standard InChI is InChI=1S/C24H17F6O4S/c25-23(26,27)14-33-21(31)16-9-11-19(12-10-16)35(18-6-2-1-3-7-18)20-8-4-5-17(13-20)22(32)34-15-24(28,29)30/h1-13H,14-15H2/q+1. The first-order chi connectivity index (χ1) is 16.4. The fourth-order valence-corrected chi connectivity index (χ4v) is 5.02. The average Bonchev–Trinajstić information content (AvgIpc) is 2.81. The van der Waals surface area contributed by atoms with Crippen LogP contribution in [0.4, 0.5) is 26.3 Å². The number of rotatable bonds is 7. The van der Waals surface area contributed by atoms with Crippen molar-refractivity contribution in [1.82, 2.24) is 0 Å². The van der Waals surface area contributed by atoms with Crippen molar-refractivity contribution in [2.24, 2.45) is 0 Å². The number of halogens is 6. The van der Waals surface area contributed by atoms with E-state index in [1.807, 2.05) is 12.1 Å². The second-order valence-corrected chi connectivity index (χ2v) is 9.08. The van der Waals surface area contributed by atoms with Gasteiger partial charge in [0.05, 0.1) is 22.0 Å². The fraction of sp³-hybridized carbons (Fsp3) is 0.167. The summed E-state index contributed by atoms with van der Waals surface area (Å²) in [5, 5.41) is 0. The van der Waals surface area contributed by atoms with Crippen LogP contribution in [0, 0.1) is 0 Å². The Morgan fingerprint density at radius 3 is 1.63 bits per heavy atom. The maximum atomic E-state index is 12.4. The van der Waals surface area contributed by atoms with E-state index in [0.29, 0.717) is 9.79 Å². The van der Waals surface area contributed by atoms with Gasteiger partial charge in [0.15, 0.2) is 27.9 Å². The van der Waals surface area contributed by atoms with Gasteiger partial charge in [0.2, 0.25) is 0 Å². The van der Waals surface area contributed by atoms with Crippen molar-refractivity contribution in [3.8, 4) is 0 Å². The molecule has 184 valence electrons. The summed E-state index contributed by atoms with van der Waals surface area (Å²) in [5.41, 5.74) is -0.161. The minimum Gasteiger partial charge on any atom is -0.452 e. The summed E-state index contributed by atoms with van der Waals surface area (Å²) >= 11 is 0. The molecule has 4 nitrogen and oxygen atoms in total. The monoisotopic (exact) mass is 515 g/mol. The predicted molar refractivity (Wildman–Crippen MR) is 114 cm³/mol. The molecule has 0 saturated heterocycles. The Morgan fingerprint density at radius 1 is 0.600 bits per heavy atom. The minimum absolute atomic E-state index is 0.0764. The summed E-state index contributed by atoms with van der Waals surface area (Å²) in [6.07, 6.45) is -9.31. The third kappa shape index (κ3) is 7.78. The summed E-state index contributed by atoms with van der Waals surface area (Å²) in [6.45, 7) is -3.43. The number of alkyl halides is 6. The first kappa shape index (κ1) is 26.1. The van der Waals surface area contributed by atoms with Crippen LogP contribution in [-0.2, 0) is 20.4 Å². The van der Waals surface area contributed by atoms with Crippen LogP contribution in [0.15, 0.2) is 93.5 Å². The van der Waals surface area contributed by atoms with Crippen molar-refractivity contribution in [2.75, 3.05) is 13.2 Å². The van der Waals surface area contributed by atoms with Gasteiger partial charge in [-0.15, -0.1) is 0 Å². The Kier molecular flexibility index (Phi) is 8.11. The number of carbonyl (C=O) groups is 2. The molecule has 1 atom stereocenters. The third-order valence-electron chi connectivity index (χ3n) is 4.34.